The van der Waals surface area contributed by atoms with E-state index in [2.05, 4.69) is 15.3 Å². The Kier molecular flexibility index (Phi) is 6.43. The zero-order valence-electron chi connectivity index (χ0n) is 19.2. The number of aromatic nitrogens is 2. The normalized spacial score (nSPS) is 12.1. The third-order valence-corrected chi connectivity index (χ3v) is 5.53. The monoisotopic (exact) mass is 481 g/mol. The first-order valence-corrected chi connectivity index (χ1v) is 10.7. The summed E-state index contributed by atoms with van der Waals surface area (Å²) in [6.07, 6.45) is 3.08. The molecule has 0 radical (unpaired) electrons. The Morgan fingerprint density at radius 1 is 1.09 bits per heavy atom. The summed E-state index contributed by atoms with van der Waals surface area (Å²) in [6.45, 7) is 4.78. The van der Waals surface area contributed by atoms with Gasteiger partial charge in [-0.05, 0) is 38.5 Å². The van der Waals surface area contributed by atoms with Crippen LogP contribution < -0.4 is 14.8 Å². The van der Waals surface area contributed by atoms with E-state index < -0.39 is 23.3 Å². The zero-order chi connectivity index (χ0) is 25.3. The molecule has 4 rings (SSSR count). The number of carboxylic acid groups (broad SMARTS) is 1. The van der Waals surface area contributed by atoms with E-state index in [9.17, 15) is 24.9 Å². The fourth-order valence-corrected chi connectivity index (χ4v) is 3.84. The molecule has 2 aromatic carbocycles. The lowest BCUT2D eigenvalue weighted by atomic mass is 10.00. The minimum absolute atomic E-state index is 0.0119. The predicted octanol–water partition coefficient (Wildman–Crippen LogP) is 3.68. The van der Waals surface area contributed by atoms with Crippen LogP contribution in [0.15, 0.2) is 24.5 Å². The number of carbonyl (C=O) groups excluding carboxylic acids is 1. The third-order valence-electron chi connectivity index (χ3n) is 5.53. The molecule has 1 aliphatic heterocycles. The van der Waals surface area contributed by atoms with Crippen molar-refractivity contribution in [1.29, 1.82) is 0 Å². The van der Waals surface area contributed by atoms with Gasteiger partial charge < -0.3 is 34.8 Å². The van der Waals surface area contributed by atoms with Gasteiger partial charge in [0, 0.05) is 24.6 Å². The average Bonchev–Trinajstić information content (AvgIpc) is 2.96. The number of aromatic carboxylic acids is 1. The molecule has 182 valence electrons. The van der Waals surface area contributed by atoms with Crippen LogP contribution >= 0.6 is 0 Å². The molecule has 0 bridgehead atoms. The predicted molar refractivity (Wildman–Crippen MR) is 122 cm³/mol. The van der Waals surface area contributed by atoms with Crippen molar-refractivity contribution in [2.24, 2.45) is 0 Å². The summed E-state index contributed by atoms with van der Waals surface area (Å²) in [5.41, 5.74) is 0.220. The summed E-state index contributed by atoms with van der Waals surface area (Å²) < 4.78 is 17.1. The van der Waals surface area contributed by atoms with Crippen LogP contribution in [0.25, 0.3) is 0 Å². The second-order valence-corrected chi connectivity index (χ2v) is 7.74. The van der Waals surface area contributed by atoms with Crippen LogP contribution in [0.1, 0.15) is 49.9 Å². The molecule has 1 aromatic heterocycles. The van der Waals surface area contributed by atoms with Gasteiger partial charge in [-0.25, -0.2) is 19.6 Å². The van der Waals surface area contributed by atoms with E-state index in [1.54, 1.807) is 19.9 Å². The first kappa shape index (κ1) is 23.8. The van der Waals surface area contributed by atoms with Gasteiger partial charge in [-0.15, -0.1) is 0 Å². The number of carbonyl (C=O) groups is 2. The van der Waals surface area contributed by atoms with Gasteiger partial charge in [0.1, 0.15) is 22.6 Å². The second kappa shape index (κ2) is 9.47. The maximum absolute atomic E-state index is 13.2. The van der Waals surface area contributed by atoms with Gasteiger partial charge in [-0.1, -0.05) is 0 Å². The van der Waals surface area contributed by atoms with Gasteiger partial charge in [0.2, 0.25) is 5.95 Å². The quantitative estimate of drug-likeness (QED) is 0.288. The average molecular weight is 481 g/mol. The number of phenolic OH excluding ortho intramolecular Hbond substituents is 1. The minimum atomic E-state index is -1.39. The number of nitrogens with zero attached hydrogens (tertiary/aromatic N) is 2. The van der Waals surface area contributed by atoms with Crippen LogP contribution in [0.3, 0.4) is 0 Å². The van der Waals surface area contributed by atoms with E-state index >= 15 is 0 Å². The standard InChI is InChI=1S/C24H23N3O8/c1-4-33-10-14-18(29)17(22(30)31)12(3)19-21(14)35-23(32)16-11(2)8-15(28)13(20(16)34-19)9-27-24-25-6-5-7-26-24/h5-8,28-29H,4,9-10H2,1-3H3,(H,30,31)(H,25,26,27). The van der Waals surface area contributed by atoms with Gasteiger partial charge in [-0.2, -0.15) is 0 Å². The maximum Gasteiger partial charge on any atom is 0.347 e. The Morgan fingerprint density at radius 3 is 2.46 bits per heavy atom. The summed E-state index contributed by atoms with van der Waals surface area (Å²) in [4.78, 5) is 33.3. The van der Waals surface area contributed by atoms with Crippen LogP contribution in [0.2, 0.25) is 0 Å². The molecule has 0 saturated heterocycles. The fourth-order valence-electron chi connectivity index (χ4n) is 3.84. The highest BCUT2D eigenvalue weighted by Gasteiger charge is 2.35. The first-order valence-electron chi connectivity index (χ1n) is 10.7. The fraction of sp³-hybridized carbons (Fsp3) is 0.250. The van der Waals surface area contributed by atoms with Crippen molar-refractivity contribution >= 4 is 17.9 Å². The Labute approximate surface area is 199 Å². The van der Waals surface area contributed by atoms with E-state index in [-0.39, 0.29) is 71.0 Å². The third kappa shape index (κ3) is 4.28. The van der Waals surface area contributed by atoms with Gasteiger partial charge in [-0.3, -0.25) is 0 Å². The SMILES string of the molecule is CCOCc1c(O)c(C(=O)O)c(C)c2c1OC(=O)c1c(C)cc(O)c(CNc3ncccn3)c1O2. The summed E-state index contributed by atoms with van der Waals surface area (Å²) in [5.74, 6) is -2.89. The summed E-state index contributed by atoms with van der Waals surface area (Å²) in [7, 11) is 0. The number of aromatic hydroxyl groups is 2. The highest BCUT2D eigenvalue weighted by Crippen LogP contribution is 2.50. The van der Waals surface area contributed by atoms with Crippen molar-refractivity contribution in [1.82, 2.24) is 9.97 Å². The topological polar surface area (TPSA) is 160 Å². The largest absolute Gasteiger partial charge is 0.507 e. The molecule has 0 fully saturated rings. The molecule has 2 heterocycles. The van der Waals surface area contributed by atoms with Crippen molar-refractivity contribution in [2.75, 3.05) is 11.9 Å². The van der Waals surface area contributed by atoms with E-state index in [1.165, 1.54) is 25.4 Å². The van der Waals surface area contributed by atoms with Crippen molar-refractivity contribution < 1.29 is 39.1 Å². The minimum Gasteiger partial charge on any atom is -0.507 e. The zero-order valence-corrected chi connectivity index (χ0v) is 19.2. The van der Waals surface area contributed by atoms with Gasteiger partial charge in [0.15, 0.2) is 17.2 Å². The van der Waals surface area contributed by atoms with E-state index in [0.29, 0.717) is 5.56 Å². The second-order valence-electron chi connectivity index (χ2n) is 7.74. The maximum atomic E-state index is 13.2. The number of ether oxygens (including phenoxy) is 3. The number of hydrogen-bond acceptors (Lipinski definition) is 10. The summed E-state index contributed by atoms with van der Waals surface area (Å²) >= 11 is 0. The first-order chi connectivity index (χ1) is 16.7. The number of rotatable bonds is 7. The highest BCUT2D eigenvalue weighted by molar-refractivity contribution is 6.00. The molecule has 0 saturated carbocycles. The van der Waals surface area contributed by atoms with Crippen LogP contribution in [-0.2, 0) is 17.9 Å². The van der Waals surface area contributed by atoms with Crippen molar-refractivity contribution in [2.45, 2.75) is 33.9 Å². The number of anilines is 1. The Hall–Kier alpha value is -4.38. The number of phenols is 2. The lowest BCUT2D eigenvalue weighted by Gasteiger charge is -2.19. The smallest absolute Gasteiger partial charge is 0.347 e. The number of nitrogens with one attached hydrogen (secondary N) is 1. The number of carboxylic acids is 1. The summed E-state index contributed by atoms with van der Waals surface area (Å²) in [6, 6.07) is 3.05. The van der Waals surface area contributed by atoms with Crippen LogP contribution in [0.5, 0.6) is 28.7 Å². The molecule has 0 spiro atoms. The molecular formula is C24H23N3O8. The van der Waals surface area contributed by atoms with E-state index in [0.717, 1.165) is 0 Å². The molecule has 1 aliphatic rings. The molecular weight excluding hydrogens is 458 g/mol. The highest BCUT2D eigenvalue weighted by atomic mass is 16.6. The van der Waals surface area contributed by atoms with Crippen LogP contribution in [0, 0.1) is 13.8 Å². The van der Waals surface area contributed by atoms with Crippen LogP contribution in [0.4, 0.5) is 5.95 Å². The number of benzene rings is 2. The Balaban J connectivity index is 1.91. The molecule has 11 nitrogen and oxygen atoms in total. The number of esters is 1. The molecule has 4 N–H and O–H groups in total. The lowest BCUT2D eigenvalue weighted by molar-refractivity contribution is 0.0691. The van der Waals surface area contributed by atoms with Gasteiger partial charge >= 0.3 is 11.9 Å². The number of hydrogen-bond donors (Lipinski definition) is 4. The Bertz CT molecular complexity index is 1320. The molecule has 11 heteroatoms. The van der Waals surface area contributed by atoms with Gasteiger partial charge in [0.25, 0.3) is 0 Å². The number of fused-ring (bicyclic) bond motifs is 2. The van der Waals surface area contributed by atoms with Crippen LogP contribution in [-0.4, -0.2) is 43.8 Å². The van der Waals surface area contributed by atoms with Crippen molar-refractivity contribution in [3.05, 3.63) is 57.9 Å². The summed E-state index contributed by atoms with van der Waals surface area (Å²) in [5, 5.41) is 34.1. The molecule has 0 aliphatic carbocycles. The molecule has 0 atom stereocenters. The van der Waals surface area contributed by atoms with E-state index in [4.69, 9.17) is 14.2 Å². The van der Waals surface area contributed by atoms with E-state index in [1.807, 2.05) is 0 Å². The molecule has 0 unspecified atom stereocenters. The molecule has 3 aromatic rings. The van der Waals surface area contributed by atoms with Gasteiger partial charge in [0.05, 0.1) is 24.3 Å². The molecule has 35 heavy (non-hydrogen) atoms. The van der Waals surface area contributed by atoms with Crippen molar-refractivity contribution in [3.8, 4) is 28.7 Å². The number of aryl methyl sites for hydroxylation is 1. The Morgan fingerprint density at radius 2 is 1.80 bits per heavy atom. The molecule has 0 amide bonds. The van der Waals surface area contributed by atoms with Crippen molar-refractivity contribution in [3.63, 3.8) is 0 Å². The lowest BCUT2D eigenvalue weighted by Crippen LogP contribution is -2.13.